The minimum Gasteiger partial charge on any atom is -0.393 e. The lowest BCUT2D eigenvalue weighted by Gasteiger charge is -2.26. The van der Waals surface area contributed by atoms with Gasteiger partial charge in [0.25, 0.3) is 5.91 Å². The maximum absolute atomic E-state index is 13.1. The van der Waals surface area contributed by atoms with E-state index in [0.717, 1.165) is 48.0 Å². The molecule has 5 rings (SSSR count). The number of hydrogen-bond acceptors (Lipinski definition) is 8. The molecule has 3 aromatic heterocycles. The smallest absolute Gasteiger partial charge is 0.255 e. The first-order valence-corrected chi connectivity index (χ1v) is 12.7. The number of fused-ring (bicyclic) bond motifs is 1. The predicted octanol–water partition coefficient (Wildman–Crippen LogP) is 2.73. The van der Waals surface area contributed by atoms with E-state index in [0.29, 0.717) is 44.4 Å². The highest BCUT2D eigenvalue weighted by atomic mass is 16.5. The Morgan fingerprint density at radius 1 is 1.19 bits per heavy atom. The highest BCUT2D eigenvalue weighted by molar-refractivity contribution is 5.96. The number of nitrogens with zero attached hydrogens (tertiary/aromatic N) is 5. The number of anilines is 1. The molecule has 1 amide bonds. The minimum absolute atomic E-state index is 0.0347. The lowest BCUT2D eigenvalue weighted by atomic mass is 9.85. The van der Waals surface area contributed by atoms with E-state index in [-0.39, 0.29) is 24.0 Å². The molecule has 192 valence electrons. The number of ether oxygens (including phenoxy) is 2. The molecule has 1 saturated heterocycles. The van der Waals surface area contributed by atoms with E-state index in [1.807, 2.05) is 28.6 Å². The molecule has 10 heteroatoms. The third-order valence-corrected chi connectivity index (χ3v) is 7.05. The van der Waals surface area contributed by atoms with Crippen LogP contribution in [0.3, 0.4) is 0 Å². The molecule has 36 heavy (non-hydrogen) atoms. The normalized spacial score (nSPS) is 21.5. The van der Waals surface area contributed by atoms with Crippen molar-refractivity contribution in [3.05, 3.63) is 42.0 Å². The van der Waals surface area contributed by atoms with Gasteiger partial charge in [0.1, 0.15) is 0 Å². The summed E-state index contributed by atoms with van der Waals surface area (Å²) < 4.78 is 12.6. The number of aromatic nitrogens is 4. The average molecular weight is 495 g/mol. The van der Waals surface area contributed by atoms with Crippen LogP contribution >= 0.6 is 0 Å². The quantitative estimate of drug-likeness (QED) is 0.515. The molecule has 1 aliphatic heterocycles. The Morgan fingerprint density at radius 2 is 1.97 bits per heavy atom. The predicted molar refractivity (Wildman–Crippen MR) is 135 cm³/mol. The highest BCUT2D eigenvalue weighted by Crippen LogP contribution is 2.37. The Hall–Kier alpha value is -3.08. The van der Waals surface area contributed by atoms with E-state index in [1.165, 1.54) is 0 Å². The van der Waals surface area contributed by atoms with Crippen molar-refractivity contribution in [3.63, 3.8) is 0 Å². The van der Waals surface area contributed by atoms with Crippen LogP contribution in [0.25, 0.3) is 16.6 Å². The van der Waals surface area contributed by atoms with Gasteiger partial charge in [0, 0.05) is 61.4 Å². The van der Waals surface area contributed by atoms with E-state index in [1.54, 1.807) is 19.5 Å². The third-order valence-electron chi connectivity index (χ3n) is 7.05. The first-order valence-electron chi connectivity index (χ1n) is 12.7. The summed E-state index contributed by atoms with van der Waals surface area (Å²) in [6, 6.07) is 4.11. The fourth-order valence-electron chi connectivity index (χ4n) is 5.14. The van der Waals surface area contributed by atoms with Crippen LogP contribution in [-0.2, 0) is 9.47 Å². The summed E-state index contributed by atoms with van der Waals surface area (Å²) in [6.45, 7) is 4.84. The number of rotatable bonds is 7. The van der Waals surface area contributed by atoms with Gasteiger partial charge in [0.2, 0.25) is 5.95 Å². The molecule has 3 aromatic rings. The zero-order chi connectivity index (χ0) is 25.1. The number of pyridine rings is 1. The van der Waals surface area contributed by atoms with Crippen molar-refractivity contribution in [3.8, 4) is 11.1 Å². The number of amides is 1. The first kappa shape index (κ1) is 24.6. The molecule has 2 fully saturated rings. The van der Waals surface area contributed by atoms with E-state index in [2.05, 4.69) is 21.4 Å². The van der Waals surface area contributed by atoms with Crippen molar-refractivity contribution in [2.75, 3.05) is 45.3 Å². The summed E-state index contributed by atoms with van der Waals surface area (Å²) in [4.78, 5) is 23.9. The molecule has 1 aliphatic carbocycles. The molecule has 2 aliphatic rings. The molecule has 0 radical (unpaired) electrons. The lowest BCUT2D eigenvalue weighted by molar-refractivity contribution is 0.0302. The summed E-state index contributed by atoms with van der Waals surface area (Å²) in [7, 11) is 1.67. The summed E-state index contributed by atoms with van der Waals surface area (Å²) in [5.74, 6) is 0.771. The maximum Gasteiger partial charge on any atom is 0.255 e. The summed E-state index contributed by atoms with van der Waals surface area (Å²) in [6.07, 6.45) is 8.34. The standard InChI is InChI=1S/C26H34N6O4/c1-17(16-35-2)29-26-28-15-24-22(12-23(32(24)30-26)18-3-5-21(33)6-4-18)19-11-20(14-27-13-19)25(34)31-7-9-36-10-8-31/h11-15,17-18,21,33H,3-10,16H2,1-2H3,(H,29,30)/t17-,18-,21-/m0/s1. The second-order valence-corrected chi connectivity index (χ2v) is 9.73. The zero-order valence-corrected chi connectivity index (χ0v) is 20.9. The van der Waals surface area contributed by atoms with Gasteiger partial charge in [-0.2, -0.15) is 0 Å². The Bertz CT molecular complexity index is 1200. The summed E-state index contributed by atoms with van der Waals surface area (Å²) in [5, 5.41) is 18.2. The van der Waals surface area contributed by atoms with Gasteiger partial charge in [-0.1, -0.05) is 0 Å². The fourth-order valence-corrected chi connectivity index (χ4v) is 5.14. The summed E-state index contributed by atoms with van der Waals surface area (Å²) in [5.41, 5.74) is 4.30. The van der Waals surface area contributed by atoms with E-state index < -0.39 is 0 Å². The van der Waals surface area contributed by atoms with Crippen LogP contribution in [0, 0.1) is 0 Å². The molecule has 0 aromatic carbocycles. The number of morpholine rings is 1. The first-order chi connectivity index (χ1) is 17.5. The van der Waals surface area contributed by atoms with Crippen molar-refractivity contribution in [2.45, 2.75) is 50.7 Å². The Kier molecular flexibility index (Phi) is 7.45. The Labute approximate surface area is 210 Å². The van der Waals surface area contributed by atoms with Crippen molar-refractivity contribution in [1.29, 1.82) is 0 Å². The van der Waals surface area contributed by atoms with Crippen LogP contribution in [0.2, 0.25) is 0 Å². The van der Waals surface area contributed by atoms with E-state index in [4.69, 9.17) is 14.6 Å². The number of carbonyl (C=O) groups excluding carboxylic acids is 1. The van der Waals surface area contributed by atoms with Crippen LogP contribution in [0.15, 0.2) is 30.7 Å². The number of carbonyl (C=O) groups is 1. The van der Waals surface area contributed by atoms with Gasteiger partial charge in [-0.15, -0.1) is 5.10 Å². The molecule has 0 spiro atoms. The molecular weight excluding hydrogens is 460 g/mol. The van der Waals surface area contributed by atoms with Gasteiger partial charge in [-0.3, -0.25) is 9.78 Å². The van der Waals surface area contributed by atoms with Gasteiger partial charge in [-0.05, 0) is 44.7 Å². The van der Waals surface area contributed by atoms with Crippen LogP contribution in [0.1, 0.15) is 54.6 Å². The molecule has 1 saturated carbocycles. The molecular formula is C26H34N6O4. The number of methoxy groups -OCH3 is 1. The molecule has 0 bridgehead atoms. The van der Waals surface area contributed by atoms with Crippen LogP contribution in [0.5, 0.6) is 0 Å². The Morgan fingerprint density at radius 3 is 2.72 bits per heavy atom. The van der Waals surface area contributed by atoms with Crippen molar-refractivity contribution < 1.29 is 19.4 Å². The molecule has 4 heterocycles. The van der Waals surface area contributed by atoms with Crippen molar-refractivity contribution in [2.24, 2.45) is 0 Å². The average Bonchev–Trinajstić information content (AvgIpc) is 3.28. The van der Waals surface area contributed by atoms with Crippen molar-refractivity contribution >= 4 is 17.4 Å². The van der Waals surface area contributed by atoms with Gasteiger partial charge < -0.3 is 24.8 Å². The topological polar surface area (TPSA) is 114 Å². The Balaban J connectivity index is 1.52. The van der Waals surface area contributed by atoms with Gasteiger partial charge in [0.15, 0.2) is 0 Å². The summed E-state index contributed by atoms with van der Waals surface area (Å²) >= 11 is 0. The lowest BCUT2D eigenvalue weighted by Crippen LogP contribution is -2.40. The van der Waals surface area contributed by atoms with E-state index >= 15 is 0 Å². The van der Waals surface area contributed by atoms with Crippen LogP contribution in [0.4, 0.5) is 5.95 Å². The van der Waals surface area contributed by atoms with Gasteiger partial charge >= 0.3 is 0 Å². The highest BCUT2D eigenvalue weighted by Gasteiger charge is 2.26. The number of aliphatic hydroxyl groups excluding tert-OH is 1. The molecule has 0 unspecified atom stereocenters. The SMILES string of the molecule is COC[C@H](C)Nc1ncc2c(-c3cncc(C(=O)N4CCOCC4)c3)cc([C@H]3CC[C@H](O)CC3)n2n1. The van der Waals surface area contributed by atoms with Crippen LogP contribution in [-0.4, -0.2) is 87.7 Å². The second kappa shape index (κ2) is 10.9. The van der Waals surface area contributed by atoms with E-state index in [9.17, 15) is 9.90 Å². The fraction of sp³-hybridized carbons (Fsp3) is 0.538. The number of nitrogens with one attached hydrogen (secondary N) is 1. The largest absolute Gasteiger partial charge is 0.393 e. The maximum atomic E-state index is 13.1. The van der Waals surface area contributed by atoms with Gasteiger partial charge in [-0.25, -0.2) is 9.50 Å². The number of hydrogen-bond donors (Lipinski definition) is 2. The molecule has 2 N–H and O–H groups in total. The number of aliphatic hydroxyl groups is 1. The monoisotopic (exact) mass is 494 g/mol. The van der Waals surface area contributed by atoms with Gasteiger partial charge in [0.05, 0.1) is 43.2 Å². The second-order valence-electron chi connectivity index (χ2n) is 9.73. The third kappa shape index (κ3) is 5.21. The molecule has 1 atom stereocenters. The molecule has 10 nitrogen and oxygen atoms in total. The zero-order valence-electron chi connectivity index (χ0n) is 20.9. The van der Waals surface area contributed by atoms with Crippen molar-refractivity contribution in [1.82, 2.24) is 24.5 Å². The minimum atomic E-state index is -0.235. The van der Waals surface area contributed by atoms with Crippen LogP contribution < -0.4 is 5.32 Å².